The van der Waals surface area contributed by atoms with E-state index in [2.05, 4.69) is 74.7 Å². The maximum atomic E-state index is 10.6. The van der Waals surface area contributed by atoms with Crippen LogP contribution >= 0.6 is 0 Å². The topological polar surface area (TPSA) is 77.2 Å². The Kier molecular flexibility index (Phi) is 7.46. The first kappa shape index (κ1) is 31.1. The van der Waals surface area contributed by atoms with Crippen LogP contribution < -0.4 is 0 Å². The Morgan fingerprint density at radius 3 is 2.06 bits per heavy atom. The number of fused-ring (bicyclic) bond motifs is 8. The zero-order chi connectivity index (χ0) is 32.7. The molecule has 244 valence electrons. The van der Waals surface area contributed by atoms with E-state index in [0.29, 0.717) is 34.1 Å². The summed E-state index contributed by atoms with van der Waals surface area (Å²) in [6, 6.07) is 37.5. The standard InChI is InChI=1S/C42H32N3O3.Pt/c1-23(2)26-11-9-12-27(24(3)4)41(26)45-32-14-7-6-13-30(32)44-42(45)31-17-19-37-40(43-31)39-36(48-37)21-20-35-38(39)29-22-25(16-18-34(29)47-35)28-10-5-8-15-33(28)46;/h5-21,23-24,46H,1-4H3;/q-1;. The minimum absolute atomic E-state index is 0. The fraction of sp³-hybridized carbons (Fsp3) is 0.143. The summed E-state index contributed by atoms with van der Waals surface area (Å²) >= 11 is 0. The van der Waals surface area contributed by atoms with Gasteiger partial charge in [0.15, 0.2) is 11.4 Å². The van der Waals surface area contributed by atoms with Crippen LogP contribution in [0.15, 0.2) is 112 Å². The molecule has 6 nitrogen and oxygen atoms in total. The zero-order valence-corrected chi connectivity index (χ0v) is 29.7. The normalized spacial score (nSPS) is 12.0. The van der Waals surface area contributed by atoms with Crippen LogP contribution in [0.2, 0.25) is 0 Å². The summed E-state index contributed by atoms with van der Waals surface area (Å²) in [6.07, 6.45) is 0. The van der Waals surface area contributed by atoms with Crippen molar-refractivity contribution in [3.63, 3.8) is 0 Å². The largest absolute Gasteiger partial charge is 0.515 e. The van der Waals surface area contributed by atoms with Crippen molar-refractivity contribution >= 4 is 55.0 Å². The molecule has 5 aromatic carbocycles. The van der Waals surface area contributed by atoms with Gasteiger partial charge in [0.2, 0.25) is 0 Å². The minimum atomic E-state index is 0. The molecule has 0 bridgehead atoms. The van der Waals surface area contributed by atoms with Crippen LogP contribution in [0.4, 0.5) is 0 Å². The molecular formula is C42H32N3O3Pt-. The quantitative estimate of drug-likeness (QED) is 0.175. The number of furan rings is 2. The molecule has 0 saturated carbocycles. The van der Waals surface area contributed by atoms with Gasteiger partial charge in [0.1, 0.15) is 16.8 Å². The fourth-order valence-electron chi connectivity index (χ4n) is 7.09. The fourth-order valence-corrected chi connectivity index (χ4v) is 7.09. The second kappa shape index (κ2) is 11.7. The Morgan fingerprint density at radius 1 is 0.653 bits per heavy atom. The predicted octanol–water partition coefficient (Wildman–Crippen LogP) is 11.3. The molecule has 4 heterocycles. The average Bonchev–Trinajstić information content (AvgIpc) is 3.78. The predicted molar refractivity (Wildman–Crippen MR) is 193 cm³/mol. The second-order valence-electron chi connectivity index (χ2n) is 13.0. The van der Waals surface area contributed by atoms with Gasteiger partial charge in [-0.25, -0.2) is 9.97 Å². The molecule has 0 aliphatic rings. The number of aromatic nitrogens is 3. The Hall–Kier alpha value is -5.19. The molecule has 49 heavy (non-hydrogen) atoms. The van der Waals surface area contributed by atoms with Crippen LogP contribution in [0.25, 0.3) is 83.4 Å². The van der Waals surface area contributed by atoms with Crippen molar-refractivity contribution in [2.45, 2.75) is 39.5 Å². The molecule has 9 rings (SSSR count). The summed E-state index contributed by atoms with van der Waals surface area (Å²) in [4.78, 5) is 10.5. The van der Waals surface area contributed by atoms with Gasteiger partial charge in [-0.15, -0.1) is 17.7 Å². The van der Waals surface area contributed by atoms with E-state index in [1.165, 1.54) is 16.8 Å². The van der Waals surface area contributed by atoms with E-state index in [9.17, 15) is 5.11 Å². The van der Waals surface area contributed by atoms with Gasteiger partial charge in [-0.3, -0.25) is 4.57 Å². The third kappa shape index (κ3) is 4.80. The van der Waals surface area contributed by atoms with Gasteiger partial charge in [-0.2, -0.15) is 0 Å². The number of aromatic hydroxyl groups is 1. The molecule has 9 aromatic rings. The van der Waals surface area contributed by atoms with Gasteiger partial charge < -0.3 is 13.9 Å². The molecule has 0 aliphatic heterocycles. The van der Waals surface area contributed by atoms with E-state index in [1.54, 1.807) is 6.07 Å². The monoisotopic (exact) mass is 821 g/mol. The third-order valence-corrected chi connectivity index (χ3v) is 9.37. The van der Waals surface area contributed by atoms with Crippen molar-refractivity contribution in [3.05, 3.63) is 120 Å². The van der Waals surface area contributed by atoms with Gasteiger partial charge in [0, 0.05) is 26.5 Å². The van der Waals surface area contributed by atoms with Gasteiger partial charge in [0.05, 0.1) is 33.6 Å². The summed E-state index contributed by atoms with van der Waals surface area (Å²) in [5.41, 5.74) is 11.4. The number of para-hydroxylation sites is 4. The first-order chi connectivity index (χ1) is 23.4. The Labute approximate surface area is 297 Å². The second-order valence-corrected chi connectivity index (χ2v) is 13.0. The number of phenols is 1. The van der Waals surface area contributed by atoms with Crippen LogP contribution in [-0.2, 0) is 21.1 Å². The number of rotatable bonds is 5. The van der Waals surface area contributed by atoms with Crippen molar-refractivity contribution < 1.29 is 35.0 Å². The summed E-state index contributed by atoms with van der Waals surface area (Å²) in [5.74, 6) is 1.60. The number of benzene rings is 5. The number of phenolic OH excluding ortho intramolecular Hbond substituents is 1. The van der Waals surface area contributed by atoms with E-state index < -0.39 is 0 Å². The van der Waals surface area contributed by atoms with Crippen LogP contribution in [0.5, 0.6) is 5.75 Å². The Balaban J connectivity index is 0.00000348. The Bertz CT molecular complexity index is 2690. The molecule has 4 aromatic heterocycles. The number of hydrogen-bond acceptors (Lipinski definition) is 5. The number of imidazole rings is 1. The molecule has 0 amide bonds. The van der Waals surface area contributed by atoms with E-state index in [4.69, 9.17) is 18.8 Å². The maximum Gasteiger partial charge on any atom is 0.164 e. The smallest absolute Gasteiger partial charge is 0.164 e. The average molecular weight is 822 g/mol. The van der Waals surface area contributed by atoms with E-state index >= 15 is 0 Å². The molecule has 0 radical (unpaired) electrons. The zero-order valence-electron chi connectivity index (χ0n) is 27.4. The molecule has 7 heteroatoms. The molecule has 1 N–H and O–H groups in total. The van der Waals surface area contributed by atoms with Gasteiger partial charge in [-0.05, 0) is 76.4 Å². The first-order valence-electron chi connectivity index (χ1n) is 16.4. The molecule has 0 unspecified atom stereocenters. The number of nitrogens with zero attached hydrogens (tertiary/aromatic N) is 3. The minimum Gasteiger partial charge on any atom is -0.515 e. The molecule has 0 aliphatic carbocycles. The summed E-state index contributed by atoms with van der Waals surface area (Å²) in [7, 11) is 0. The summed E-state index contributed by atoms with van der Waals surface area (Å²) < 4.78 is 15.0. The Morgan fingerprint density at radius 2 is 1.31 bits per heavy atom. The molecule has 0 fully saturated rings. The number of hydrogen-bond donors (Lipinski definition) is 1. The summed E-state index contributed by atoms with van der Waals surface area (Å²) in [6.45, 7) is 8.97. The SMILES string of the molecule is CC(C)c1cccc(C(C)C)c1-n1c(-c2ccc3oc4ccc5oc6ccc(-c7ccccc7O)[c-]c6c5c4c3n2)nc2ccccc21.[Pt]. The van der Waals surface area contributed by atoms with Crippen molar-refractivity contribution in [3.8, 4) is 34.1 Å². The third-order valence-electron chi connectivity index (χ3n) is 9.37. The van der Waals surface area contributed by atoms with Gasteiger partial charge >= 0.3 is 0 Å². The van der Waals surface area contributed by atoms with Crippen molar-refractivity contribution in [1.82, 2.24) is 14.5 Å². The molecule has 0 saturated heterocycles. The molecular weight excluding hydrogens is 790 g/mol. The molecule has 0 spiro atoms. The van der Waals surface area contributed by atoms with Gasteiger partial charge in [0.25, 0.3) is 0 Å². The summed E-state index contributed by atoms with van der Waals surface area (Å²) in [5, 5.41) is 13.1. The first-order valence-corrected chi connectivity index (χ1v) is 16.4. The van der Waals surface area contributed by atoms with Crippen LogP contribution in [-0.4, -0.2) is 19.6 Å². The van der Waals surface area contributed by atoms with E-state index in [-0.39, 0.29) is 26.8 Å². The molecule has 0 atom stereocenters. The van der Waals surface area contributed by atoms with Crippen LogP contribution in [0.1, 0.15) is 50.7 Å². The van der Waals surface area contributed by atoms with Crippen molar-refractivity contribution in [1.29, 1.82) is 0 Å². The van der Waals surface area contributed by atoms with E-state index in [1.807, 2.05) is 60.7 Å². The van der Waals surface area contributed by atoms with Crippen molar-refractivity contribution in [2.24, 2.45) is 0 Å². The number of pyridine rings is 1. The van der Waals surface area contributed by atoms with Crippen LogP contribution in [0.3, 0.4) is 0 Å². The van der Waals surface area contributed by atoms with Crippen molar-refractivity contribution in [2.75, 3.05) is 0 Å². The van der Waals surface area contributed by atoms with Crippen LogP contribution in [0, 0.1) is 6.07 Å². The maximum absolute atomic E-state index is 10.6. The van der Waals surface area contributed by atoms with E-state index in [0.717, 1.165) is 55.4 Å². The van der Waals surface area contributed by atoms with Gasteiger partial charge in [-0.1, -0.05) is 87.7 Å².